The fourth-order valence-corrected chi connectivity index (χ4v) is 12.5. The molecule has 0 saturated heterocycles. The maximum Gasteiger partial charge on any atom is 0.330 e. The van der Waals surface area contributed by atoms with Crippen LogP contribution in [0, 0.1) is 56.7 Å². The number of esters is 1. The first-order valence-electron chi connectivity index (χ1n) is 17.0. The second-order valence-electron chi connectivity index (χ2n) is 16.8. The Hall–Kier alpha value is -1.87. The van der Waals surface area contributed by atoms with Gasteiger partial charge in [-0.3, -0.25) is 0 Å². The van der Waals surface area contributed by atoms with Crippen molar-refractivity contribution in [2.75, 3.05) is 6.61 Å². The number of carbonyl (C=O) groups excluding carboxylic acids is 1. The maximum atomic E-state index is 12.9. The molecular formula is C39H56O3. The van der Waals surface area contributed by atoms with Gasteiger partial charge in [0, 0.05) is 11.5 Å². The van der Waals surface area contributed by atoms with E-state index < -0.39 is 0 Å². The van der Waals surface area contributed by atoms with Gasteiger partial charge in [0.1, 0.15) is 0 Å². The fourth-order valence-electron chi connectivity index (χ4n) is 12.5. The monoisotopic (exact) mass is 572 g/mol. The summed E-state index contributed by atoms with van der Waals surface area (Å²) in [7, 11) is 0. The molecule has 5 aliphatic carbocycles. The number of hydrogen-bond donors (Lipinski definition) is 1. The number of fused-ring (bicyclic) bond motifs is 7. The van der Waals surface area contributed by atoms with Crippen LogP contribution in [0.4, 0.5) is 0 Å². The van der Waals surface area contributed by atoms with Gasteiger partial charge >= 0.3 is 5.97 Å². The van der Waals surface area contributed by atoms with E-state index in [0.29, 0.717) is 47.0 Å². The van der Waals surface area contributed by atoms with Gasteiger partial charge in [-0.1, -0.05) is 77.1 Å². The van der Waals surface area contributed by atoms with E-state index in [0.717, 1.165) is 31.2 Å². The van der Waals surface area contributed by atoms with Crippen molar-refractivity contribution in [1.29, 1.82) is 0 Å². The summed E-state index contributed by atoms with van der Waals surface area (Å²) in [6.07, 6.45) is 15.2. The molecule has 5 aliphatic rings. The van der Waals surface area contributed by atoms with Gasteiger partial charge in [-0.25, -0.2) is 4.79 Å². The molecule has 6 rings (SSSR count). The predicted molar refractivity (Wildman–Crippen MR) is 171 cm³/mol. The number of hydrogen-bond acceptors (Lipinski definition) is 3. The minimum Gasteiger partial charge on any atom is -0.462 e. The van der Waals surface area contributed by atoms with Crippen LogP contribution in [0.25, 0.3) is 6.08 Å². The van der Waals surface area contributed by atoms with E-state index in [2.05, 4.69) is 48.1 Å². The smallest absolute Gasteiger partial charge is 0.330 e. The highest BCUT2D eigenvalue weighted by molar-refractivity contribution is 5.87. The molecule has 42 heavy (non-hydrogen) atoms. The molecule has 1 aromatic rings. The number of allylic oxidation sites excluding steroid dienone is 1. The molecule has 5 saturated carbocycles. The van der Waals surface area contributed by atoms with Gasteiger partial charge < -0.3 is 9.84 Å². The van der Waals surface area contributed by atoms with Crippen LogP contribution < -0.4 is 0 Å². The molecule has 0 radical (unpaired) electrons. The maximum absolute atomic E-state index is 12.9. The third-order valence-electron chi connectivity index (χ3n) is 14.9. The molecule has 230 valence electrons. The van der Waals surface area contributed by atoms with Crippen LogP contribution in [0.1, 0.15) is 111 Å². The molecule has 1 N–H and O–H groups in total. The molecule has 0 heterocycles. The molecule has 0 spiro atoms. The van der Waals surface area contributed by atoms with Crippen molar-refractivity contribution >= 4 is 12.0 Å². The van der Waals surface area contributed by atoms with Crippen LogP contribution >= 0.6 is 0 Å². The Kier molecular flexibility index (Phi) is 7.44. The second-order valence-corrected chi connectivity index (χ2v) is 16.8. The highest BCUT2D eigenvalue weighted by Crippen LogP contribution is 2.77. The minimum atomic E-state index is -0.219. The number of rotatable bonds is 5. The number of benzene rings is 1. The molecule has 0 unspecified atom stereocenters. The molecule has 5 fully saturated rings. The van der Waals surface area contributed by atoms with Crippen molar-refractivity contribution in [3.8, 4) is 0 Å². The van der Waals surface area contributed by atoms with Gasteiger partial charge in [0.25, 0.3) is 0 Å². The van der Waals surface area contributed by atoms with Gasteiger partial charge in [0.2, 0.25) is 0 Å². The van der Waals surface area contributed by atoms with Crippen molar-refractivity contribution in [3.63, 3.8) is 0 Å². The van der Waals surface area contributed by atoms with Gasteiger partial charge in [-0.05, 0) is 134 Å². The number of carbonyl (C=O) groups is 1. The van der Waals surface area contributed by atoms with Crippen molar-refractivity contribution < 1.29 is 14.6 Å². The molecule has 3 nitrogen and oxygen atoms in total. The number of aliphatic hydroxyl groups is 1. The summed E-state index contributed by atoms with van der Waals surface area (Å²) in [5, 5.41) is 11.0. The lowest BCUT2D eigenvalue weighted by molar-refractivity contribution is -0.249. The normalized spacial score (nSPS) is 45.8. The van der Waals surface area contributed by atoms with Crippen molar-refractivity contribution in [2.45, 2.75) is 112 Å². The van der Waals surface area contributed by atoms with Gasteiger partial charge in [0.05, 0.1) is 12.7 Å². The van der Waals surface area contributed by atoms with E-state index in [1.807, 2.05) is 36.4 Å². The second kappa shape index (κ2) is 10.4. The topological polar surface area (TPSA) is 46.5 Å². The van der Waals surface area contributed by atoms with Crippen molar-refractivity contribution in [3.05, 3.63) is 54.1 Å². The molecule has 3 heteroatoms. The fraction of sp³-hybridized carbons (Fsp3) is 0.718. The van der Waals surface area contributed by atoms with Crippen molar-refractivity contribution in [1.82, 2.24) is 0 Å². The third kappa shape index (κ3) is 4.33. The summed E-state index contributed by atoms with van der Waals surface area (Å²) in [6.45, 7) is 20.0. The Morgan fingerprint density at radius 3 is 2.36 bits per heavy atom. The minimum absolute atomic E-state index is 0.0108. The van der Waals surface area contributed by atoms with Crippen LogP contribution in [-0.4, -0.2) is 23.8 Å². The summed E-state index contributed by atoms with van der Waals surface area (Å²) in [6, 6.07) is 9.99. The number of aliphatic hydroxyl groups excluding tert-OH is 1. The Bertz CT molecular complexity index is 1230. The van der Waals surface area contributed by atoms with Crippen LogP contribution in [0.5, 0.6) is 0 Å². The first-order valence-corrected chi connectivity index (χ1v) is 17.0. The Balaban J connectivity index is 1.27. The van der Waals surface area contributed by atoms with E-state index >= 15 is 0 Å². The van der Waals surface area contributed by atoms with Crippen LogP contribution in [0.2, 0.25) is 0 Å². The molecule has 1 aromatic carbocycles. The van der Waals surface area contributed by atoms with Gasteiger partial charge in [-0.2, -0.15) is 0 Å². The molecule has 0 bridgehead atoms. The summed E-state index contributed by atoms with van der Waals surface area (Å²) in [5.74, 6) is 2.76. The Labute approximate surface area is 255 Å². The lowest BCUT2D eigenvalue weighted by Gasteiger charge is -2.73. The highest BCUT2D eigenvalue weighted by Gasteiger charge is 2.70. The van der Waals surface area contributed by atoms with E-state index in [-0.39, 0.29) is 28.3 Å². The standard InChI is InChI=1S/C39H56O3/c1-26(2)28-17-22-39(25-42-33(41)16-13-27-11-9-8-10-12-27)24-23-37(6)29(34(28)39)14-15-31-36(5)20-19-32(40)35(3,4)30(36)18-21-38(31,37)7/h8-13,16,28-32,34,40H,1,14-15,17-25H2,2-7H3/b16-13+/t28-,29+,30+,31-,32-,34+,36-,37+,38-,39-/m0/s1. The van der Waals surface area contributed by atoms with E-state index in [9.17, 15) is 9.90 Å². The lowest BCUT2D eigenvalue weighted by Crippen LogP contribution is -2.66. The van der Waals surface area contributed by atoms with Crippen LogP contribution in [-0.2, 0) is 9.53 Å². The summed E-state index contributed by atoms with van der Waals surface area (Å²) < 4.78 is 6.12. The molecule has 0 aromatic heterocycles. The first kappa shape index (κ1) is 30.2. The van der Waals surface area contributed by atoms with E-state index in [1.165, 1.54) is 44.1 Å². The van der Waals surface area contributed by atoms with Crippen molar-refractivity contribution in [2.24, 2.45) is 56.7 Å². The third-order valence-corrected chi connectivity index (χ3v) is 14.9. The number of ether oxygens (including phenoxy) is 1. The summed E-state index contributed by atoms with van der Waals surface area (Å²) in [4.78, 5) is 12.9. The first-order chi connectivity index (χ1) is 19.8. The van der Waals surface area contributed by atoms with Crippen LogP contribution in [0.3, 0.4) is 0 Å². The Morgan fingerprint density at radius 1 is 0.905 bits per heavy atom. The Morgan fingerprint density at radius 2 is 1.64 bits per heavy atom. The SMILES string of the molecule is C=C(C)[C@@H]1CC[C@@]2(COC(=O)/C=C/c3ccccc3)CC[C@]3(C)[C@H](CC[C@H]4[C@@]5(C)CC[C@H](O)C(C)(C)[C@H]5CC[C@@]43C)[C@@H]12. The average molecular weight is 573 g/mol. The molecule has 10 atom stereocenters. The van der Waals surface area contributed by atoms with E-state index in [1.54, 1.807) is 6.08 Å². The molecule has 0 amide bonds. The van der Waals surface area contributed by atoms with Crippen LogP contribution in [0.15, 0.2) is 48.6 Å². The zero-order valence-corrected chi connectivity index (χ0v) is 27.3. The van der Waals surface area contributed by atoms with E-state index in [4.69, 9.17) is 4.74 Å². The largest absolute Gasteiger partial charge is 0.462 e. The van der Waals surface area contributed by atoms with Gasteiger partial charge in [0.15, 0.2) is 0 Å². The zero-order chi connectivity index (χ0) is 30.1. The zero-order valence-electron chi connectivity index (χ0n) is 27.3. The lowest BCUT2D eigenvalue weighted by atomic mass is 9.32. The molecular weight excluding hydrogens is 516 g/mol. The molecule has 0 aliphatic heterocycles. The predicted octanol–water partition coefficient (Wildman–Crippen LogP) is 9.26. The average Bonchev–Trinajstić information content (AvgIpc) is 3.34. The summed E-state index contributed by atoms with van der Waals surface area (Å²) in [5.41, 5.74) is 3.26. The van der Waals surface area contributed by atoms with Gasteiger partial charge in [-0.15, -0.1) is 0 Å². The quantitative estimate of drug-likeness (QED) is 0.217. The highest BCUT2D eigenvalue weighted by atomic mass is 16.5. The summed E-state index contributed by atoms with van der Waals surface area (Å²) >= 11 is 0.